The number of hydrogen-bond acceptors (Lipinski definition) is 2. The van der Waals surface area contributed by atoms with Gasteiger partial charge in [0.05, 0.1) is 0 Å². The monoisotopic (exact) mass is 182 g/mol. The van der Waals surface area contributed by atoms with Crippen molar-refractivity contribution in [2.75, 3.05) is 26.2 Å². The zero-order valence-electron chi connectivity index (χ0n) is 8.76. The van der Waals surface area contributed by atoms with Gasteiger partial charge in [-0.2, -0.15) is 0 Å². The minimum absolute atomic E-state index is 0.656. The Bertz CT molecular complexity index is 175. The lowest BCUT2D eigenvalue weighted by atomic mass is 9.70. The van der Waals surface area contributed by atoms with Gasteiger partial charge in [-0.25, -0.2) is 0 Å². The Morgan fingerprint density at radius 1 is 1.46 bits per heavy atom. The standard InChI is InChI=1S/C11H22N2/c1-11(4-2-5-11)9-13-6-3-10(7-12)8-13/h10H,2-9,12H2,1H3. The molecule has 0 aromatic rings. The van der Waals surface area contributed by atoms with Crippen LogP contribution in [0.4, 0.5) is 0 Å². The summed E-state index contributed by atoms with van der Waals surface area (Å²) < 4.78 is 0. The Balaban J connectivity index is 1.77. The van der Waals surface area contributed by atoms with Crippen LogP contribution in [-0.4, -0.2) is 31.1 Å². The van der Waals surface area contributed by atoms with Gasteiger partial charge in [0.15, 0.2) is 0 Å². The van der Waals surface area contributed by atoms with E-state index in [-0.39, 0.29) is 0 Å². The maximum Gasteiger partial charge on any atom is 0.00354 e. The fourth-order valence-electron chi connectivity index (χ4n) is 2.73. The van der Waals surface area contributed by atoms with Crippen molar-refractivity contribution in [3.8, 4) is 0 Å². The van der Waals surface area contributed by atoms with Gasteiger partial charge in [0.25, 0.3) is 0 Å². The van der Waals surface area contributed by atoms with Gasteiger partial charge >= 0.3 is 0 Å². The molecule has 0 bridgehead atoms. The van der Waals surface area contributed by atoms with E-state index in [1.165, 1.54) is 45.3 Å². The van der Waals surface area contributed by atoms with Gasteiger partial charge in [0, 0.05) is 13.1 Å². The molecule has 1 aliphatic carbocycles. The zero-order valence-corrected chi connectivity index (χ0v) is 8.76. The van der Waals surface area contributed by atoms with Gasteiger partial charge in [0.1, 0.15) is 0 Å². The van der Waals surface area contributed by atoms with Gasteiger partial charge < -0.3 is 10.6 Å². The molecule has 1 atom stereocenters. The van der Waals surface area contributed by atoms with Gasteiger partial charge in [-0.15, -0.1) is 0 Å². The molecule has 2 heteroatoms. The normalized spacial score (nSPS) is 33.2. The smallest absolute Gasteiger partial charge is 0.00354 e. The topological polar surface area (TPSA) is 29.3 Å². The predicted octanol–water partition coefficient (Wildman–Crippen LogP) is 1.46. The van der Waals surface area contributed by atoms with Crippen molar-refractivity contribution in [2.45, 2.75) is 32.6 Å². The average Bonchev–Trinajstić information content (AvgIpc) is 2.49. The van der Waals surface area contributed by atoms with Gasteiger partial charge in [0.2, 0.25) is 0 Å². The summed E-state index contributed by atoms with van der Waals surface area (Å²) >= 11 is 0. The van der Waals surface area contributed by atoms with E-state index >= 15 is 0 Å². The number of nitrogens with zero attached hydrogens (tertiary/aromatic N) is 1. The first-order valence-corrected chi connectivity index (χ1v) is 5.64. The molecule has 0 radical (unpaired) electrons. The van der Waals surface area contributed by atoms with Crippen LogP contribution in [0.5, 0.6) is 0 Å². The highest BCUT2D eigenvalue weighted by atomic mass is 15.2. The van der Waals surface area contributed by atoms with Crippen molar-refractivity contribution in [1.82, 2.24) is 4.90 Å². The molecule has 0 aromatic carbocycles. The average molecular weight is 182 g/mol. The van der Waals surface area contributed by atoms with E-state index in [2.05, 4.69) is 11.8 Å². The molecule has 0 spiro atoms. The Hall–Kier alpha value is -0.0800. The minimum Gasteiger partial charge on any atom is -0.330 e. The Kier molecular flexibility index (Phi) is 2.61. The van der Waals surface area contributed by atoms with E-state index in [1.807, 2.05) is 0 Å². The SMILES string of the molecule is CC1(CN2CCC(CN)C2)CCC1. The summed E-state index contributed by atoms with van der Waals surface area (Å²) in [5.41, 5.74) is 6.34. The van der Waals surface area contributed by atoms with Gasteiger partial charge in [-0.3, -0.25) is 0 Å². The molecule has 1 saturated heterocycles. The lowest BCUT2D eigenvalue weighted by Crippen LogP contribution is -2.39. The fourth-order valence-corrected chi connectivity index (χ4v) is 2.73. The van der Waals surface area contributed by atoms with Crippen molar-refractivity contribution in [3.05, 3.63) is 0 Å². The predicted molar refractivity (Wildman–Crippen MR) is 55.6 cm³/mol. The molecular weight excluding hydrogens is 160 g/mol. The molecule has 2 fully saturated rings. The van der Waals surface area contributed by atoms with E-state index in [1.54, 1.807) is 0 Å². The van der Waals surface area contributed by atoms with E-state index in [9.17, 15) is 0 Å². The number of hydrogen-bond donors (Lipinski definition) is 1. The van der Waals surface area contributed by atoms with Crippen molar-refractivity contribution >= 4 is 0 Å². The van der Waals surface area contributed by atoms with Crippen LogP contribution < -0.4 is 5.73 Å². The highest BCUT2D eigenvalue weighted by Gasteiger charge is 2.35. The number of likely N-dealkylation sites (tertiary alicyclic amines) is 1. The summed E-state index contributed by atoms with van der Waals surface area (Å²) in [6.45, 7) is 7.19. The first-order chi connectivity index (χ1) is 6.22. The first kappa shape index (κ1) is 9.47. The molecule has 1 unspecified atom stereocenters. The van der Waals surface area contributed by atoms with E-state index in [4.69, 9.17) is 5.73 Å². The molecule has 2 rings (SSSR count). The molecule has 13 heavy (non-hydrogen) atoms. The molecule has 76 valence electrons. The van der Waals surface area contributed by atoms with E-state index in [0.29, 0.717) is 5.41 Å². The minimum atomic E-state index is 0.656. The largest absolute Gasteiger partial charge is 0.330 e. The van der Waals surface area contributed by atoms with E-state index in [0.717, 1.165) is 12.5 Å². The molecular formula is C11H22N2. The Labute approximate surface area is 81.5 Å². The zero-order chi connectivity index (χ0) is 9.31. The highest BCUT2D eigenvalue weighted by molar-refractivity contribution is 4.88. The summed E-state index contributed by atoms with van der Waals surface area (Å²) in [7, 11) is 0. The second-order valence-electron chi connectivity index (χ2n) is 5.29. The van der Waals surface area contributed by atoms with Crippen LogP contribution in [0.2, 0.25) is 0 Å². The first-order valence-electron chi connectivity index (χ1n) is 5.64. The number of rotatable bonds is 3. The second-order valence-corrected chi connectivity index (χ2v) is 5.29. The molecule has 2 aliphatic rings. The molecule has 1 heterocycles. The molecule has 2 N–H and O–H groups in total. The third-order valence-corrected chi connectivity index (χ3v) is 3.87. The van der Waals surface area contributed by atoms with E-state index < -0.39 is 0 Å². The fraction of sp³-hybridized carbons (Fsp3) is 1.00. The van der Waals surface area contributed by atoms with Gasteiger partial charge in [-0.1, -0.05) is 13.3 Å². The molecule has 0 amide bonds. The van der Waals surface area contributed by atoms with Crippen LogP contribution in [0.3, 0.4) is 0 Å². The summed E-state index contributed by atoms with van der Waals surface area (Å²) in [6.07, 6.45) is 5.66. The lowest BCUT2D eigenvalue weighted by Gasteiger charge is -2.41. The van der Waals surface area contributed by atoms with Gasteiger partial charge in [-0.05, 0) is 43.7 Å². The summed E-state index contributed by atoms with van der Waals surface area (Å²) in [4.78, 5) is 2.62. The summed E-state index contributed by atoms with van der Waals surface area (Å²) in [6, 6.07) is 0. The Morgan fingerprint density at radius 3 is 2.69 bits per heavy atom. The van der Waals surface area contributed by atoms with Crippen LogP contribution in [0.15, 0.2) is 0 Å². The maximum atomic E-state index is 5.68. The van der Waals surface area contributed by atoms with Crippen molar-refractivity contribution in [3.63, 3.8) is 0 Å². The third kappa shape index (κ3) is 2.05. The van der Waals surface area contributed by atoms with Crippen molar-refractivity contribution in [1.29, 1.82) is 0 Å². The van der Waals surface area contributed by atoms with Crippen LogP contribution in [-0.2, 0) is 0 Å². The lowest BCUT2D eigenvalue weighted by molar-refractivity contribution is 0.0967. The molecule has 1 saturated carbocycles. The van der Waals surface area contributed by atoms with Crippen molar-refractivity contribution < 1.29 is 0 Å². The number of nitrogens with two attached hydrogens (primary N) is 1. The van der Waals surface area contributed by atoms with Crippen molar-refractivity contribution in [2.24, 2.45) is 17.1 Å². The quantitative estimate of drug-likeness (QED) is 0.716. The summed E-state index contributed by atoms with van der Waals surface area (Å²) in [5.74, 6) is 0.781. The second kappa shape index (κ2) is 3.58. The molecule has 0 aromatic heterocycles. The molecule has 1 aliphatic heterocycles. The van der Waals surface area contributed by atoms with Crippen LogP contribution in [0.25, 0.3) is 0 Å². The highest BCUT2D eigenvalue weighted by Crippen LogP contribution is 2.41. The summed E-state index contributed by atoms with van der Waals surface area (Å²) in [5, 5.41) is 0. The molecule has 2 nitrogen and oxygen atoms in total. The van der Waals surface area contributed by atoms with Crippen LogP contribution >= 0.6 is 0 Å². The van der Waals surface area contributed by atoms with Crippen LogP contribution in [0.1, 0.15) is 32.6 Å². The third-order valence-electron chi connectivity index (χ3n) is 3.87. The maximum absolute atomic E-state index is 5.68. The van der Waals surface area contributed by atoms with Crippen LogP contribution in [0, 0.1) is 11.3 Å². The Morgan fingerprint density at radius 2 is 2.23 bits per heavy atom.